The lowest BCUT2D eigenvalue weighted by Gasteiger charge is -2.16. The molecule has 142 valence electrons. The Morgan fingerprint density at radius 2 is 1.85 bits per heavy atom. The van der Waals surface area contributed by atoms with Gasteiger partial charge in [0, 0.05) is 33.8 Å². The second kappa shape index (κ2) is 7.45. The Balaban J connectivity index is 2.48. The van der Waals surface area contributed by atoms with E-state index in [1.54, 1.807) is 0 Å². The Labute approximate surface area is 182 Å². The number of methoxy groups -OCH3 is 3. The van der Waals surface area contributed by atoms with Crippen LogP contribution in [-0.4, -0.2) is 31.1 Å². The fourth-order valence-corrected chi connectivity index (χ4v) is 2.13. The summed E-state index contributed by atoms with van der Waals surface area (Å²) < 4.78 is 157. The average Bonchev–Trinajstić information content (AvgIpc) is 2.81. The van der Waals surface area contributed by atoms with Crippen LogP contribution >= 0.6 is 0 Å². The average molecular weight is 388 g/mol. The van der Waals surface area contributed by atoms with Gasteiger partial charge >= 0.3 is 0 Å². The molecule has 0 saturated carbocycles. The summed E-state index contributed by atoms with van der Waals surface area (Å²) in [4.78, 5) is 7.42. The van der Waals surface area contributed by atoms with Crippen LogP contribution < -0.4 is 31.0 Å². The molecular weight excluding hydrogens is 346 g/mol. The summed E-state index contributed by atoms with van der Waals surface area (Å²) in [5.74, 6) is -5.05. The van der Waals surface area contributed by atoms with Gasteiger partial charge in [-0.2, -0.15) is 4.98 Å². The standard InChI is InChI=1S/C19H23N5O3/c1-10-11(5-6-13-16(10)18(20)24-19(21)23-13)9-22-12-7-14(25-2)17(27-4)15(8-12)26-3/h5-8,22H,9H2,1-4H3,(H4,20,21,23,24)/i1D3,2D3,3D3,4D3,5D,6D,7D,8D,9D2. The van der Waals surface area contributed by atoms with Crippen molar-refractivity contribution in [3.63, 3.8) is 0 Å². The summed E-state index contributed by atoms with van der Waals surface area (Å²) in [6.45, 7) is -6.67. The van der Waals surface area contributed by atoms with Crippen molar-refractivity contribution in [2.45, 2.75) is 13.3 Å². The first-order valence-corrected chi connectivity index (χ1v) is 6.95. The van der Waals surface area contributed by atoms with E-state index in [-0.39, 0.29) is 0 Å². The fraction of sp³-hybridized carbons (Fsp3) is 0.263. The third-order valence-electron chi connectivity index (χ3n) is 3.27. The van der Waals surface area contributed by atoms with Crippen molar-refractivity contribution in [3.05, 3.63) is 35.3 Å². The lowest BCUT2D eigenvalue weighted by Crippen LogP contribution is -2.06. The molecule has 8 heteroatoms. The van der Waals surface area contributed by atoms with Gasteiger partial charge in [0.2, 0.25) is 11.7 Å². The molecule has 1 heterocycles. The minimum atomic E-state index is -3.46. The second-order valence-corrected chi connectivity index (χ2v) is 4.86. The lowest BCUT2D eigenvalue weighted by molar-refractivity contribution is 0.324. The molecule has 0 aliphatic heterocycles. The van der Waals surface area contributed by atoms with Gasteiger partial charge in [-0.15, -0.1) is 0 Å². The predicted molar refractivity (Wildman–Crippen MR) is 107 cm³/mol. The van der Waals surface area contributed by atoms with Crippen molar-refractivity contribution in [1.29, 1.82) is 0 Å². The van der Waals surface area contributed by atoms with Crippen molar-refractivity contribution in [2.24, 2.45) is 0 Å². The summed E-state index contributed by atoms with van der Waals surface area (Å²) in [5, 5.41) is 1.40. The van der Waals surface area contributed by atoms with Crippen LogP contribution in [0.4, 0.5) is 17.5 Å². The lowest BCUT2D eigenvalue weighted by atomic mass is 10.0. The molecule has 3 rings (SSSR count). The third kappa shape index (κ3) is 3.46. The van der Waals surface area contributed by atoms with Crippen molar-refractivity contribution in [3.8, 4) is 17.2 Å². The summed E-state index contributed by atoms with van der Waals surface area (Å²) in [7, 11) is -10.4. The van der Waals surface area contributed by atoms with Crippen LogP contribution in [0.5, 0.6) is 17.2 Å². The van der Waals surface area contributed by atoms with Gasteiger partial charge in [-0.1, -0.05) is 6.04 Å². The number of benzene rings is 2. The van der Waals surface area contributed by atoms with Crippen LogP contribution in [-0.2, 0) is 6.50 Å². The summed E-state index contributed by atoms with van der Waals surface area (Å²) in [6.07, 6.45) is 0. The first-order valence-electron chi connectivity index (χ1n) is 15.9. The van der Waals surface area contributed by atoms with E-state index in [0.29, 0.717) is 0 Å². The Kier molecular flexibility index (Phi) is 1.75. The zero-order valence-electron chi connectivity index (χ0n) is 31.3. The molecule has 0 amide bonds. The Morgan fingerprint density at radius 3 is 2.52 bits per heavy atom. The quantitative estimate of drug-likeness (QED) is 0.591. The maximum Gasteiger partial charge on any atom is 0.222 e. The van der Waals surface area contributed by atoms with Gasteiger partial charge < -0.3 is 31.0 Å². The maximum atomic E-state index is 8.75. The van der Waals surface area contributed by atoms with E-state index < -0.39 is 115 Å². The summed E-state index contributed by atoms with van der Waals surface area (Å²) >= 11 is 0. The number of hydrogen-bond donors (Lipinski definition) is 3. The highest BCUT2D eigenvalue weighted by Crippen LogP contribution is 2.40. The maximum absolute atomic E-state index is 8.75. The van der Waals surface area contributed by atoms with Crippen LogP contribution in [0.25, 0.3) is 10.9 Å². The predicted octanol–water partition coefficient (Wildman–Crippen LogP) is 2.74. The number of anilines is 3. The minimum Gasteiger partial charge on any atom is -0.493 e. The number of nitrogen functional groups attached to an aromatic ring is 2. The first kappa shape index (κ1) is 6.33. The number of fused-ring (bicyclic) bond motifs is 1. The zero-order chi connectivity index (χ0) is 34.8. The van der Waals surface area contributed by atoms with Crippen molar-refractivity contribution in [2.75, 3.05) is 37.9 Å². The third-order valence-corrected chi connectivity index (χ3v) is 3.27. The van der Waals surface area contributed by atoms with E-state index in [1.807, 2.05) is 5.32 Å². The van der Waals surface area contributed by atoms with Gasteiger partial charge in [0.15, 0.2) is 11.5 Å². The van der Waals surface area contributed by atoms with E-state index in [4.69, 9.17) is 45.6 Å². The number of nitrogens with one attached hydrogen (secondary N) is 1. The molecule has 0 spiro atoms. The van der Waals surface area contributed by atoms with Gasteiger partial charge in [0.1, 0.15) is 5.82 Å². The molecule has 27 heavy (non-hydrogen) atoms. The smallest absolute Gasteiger partial charge is 0.222 e. The molecule has 0 saturated heterocycles. The van der Waals surface area contributed by atoms with Crippen molar-refractivity contribution in [1.82, 2.24) is 9.97 Å². The molecule has 0 radical (unpaired) electrons. The molecule has 0 aliphatic rings. The van der Waals surface area contributed by atoms with Crippen molar-refractivity contribution >= 4 is 28.4 Å². The molecule has 2 aromatic carbocycles. The summed E-state index contributed by atoms with van der Waals surface area (Å²) in [6, 6.07) is -4.47. The Hall–Kier alpha value is -3.42. The van der Waals surface area contributed by atoms with Gasteiger partial charge in [0.05, 0.1) is 47.2 Å². The molecule has 5 N–H and O–H groups in total. The van der Waals surface area contributed by atoms with E-state index in [2.05, 4.69) is 14.7 Å². The SMILES string of the molecule is [2H]c1c(NC([2H])([2H])c2c([2H])c([2H])c3nc(N)nc(N)c3c2C([2H])([2H])[2H])c([2H])c(OC([2H])([2H])[2H])c(OC([2H])([2H])[2H])c1OC([2H])([2H])[2H]. The molecule has 0 aliphatic carbocycles. The van der Waals surface area contributed by atoms with Crippen LogP contribution in [0.1, 0.15) is 35.8 Å². The number of ether oxygens (including phenoxy) is 3. The largest absolute Gasteiger partial charge is 0.493 e. The fourth-order valence-electron chi connectivity index (χ4n) is 2.13. The van der Waals surface area contributed by atoms with Crippen molar-refractivity contribution < 1.29 is 38.9 Å². The topological polar surface area (TPSA) is 118 Å². The van der Waals surface area contributed by atoms with E-state index >= 15 is 0 Å². The van der Waals surface area contributed by atoms with Crippen LogP contribution in [0, 0.1) is 6.85 Å². The molecule has 1 aromatic heterocycles. The molecular formula is C19H23N5O3. The minimum absolute atomic E-state index is 0.487. The molecule has 0 atom stereocenters. The molecule has 0 unspecified atom stereocenters. The normalized spacial score (nSPS) is 22.8. The second-order valence-electron chi connectivity index (χ2n) is 4.86. The Morgan fingerprint density at radius 1 is 1.11 bits per heavy atom. The number of hydrogen-bond acceptors (Lipinski definition) is 8. The number of nitrogens with two attached hydrogens (primary N) is 2. The zero-order valence-corrected chi connectivity index (χ0v) is 13.3. The highest BCUT2D eigenvalue weighted by Gasteiger charge is 2.14. The summed E-state index contributed by atoms with van der Waals surface area (Å²) in [5.41, 5.74) is 7.76. The number of aromatic nitrogens is 2. The van der Waals surface area contributed by atoms with Gasteiger partial charge in [-0.3, -0.25) is 0 Å². The number of aryl methyl sites for hydroxylation is 1. The van der Waals surface area contributed by atoms with Crippen LogP contribution in [0.15, 0.2) is 24.2 Å². The molecule has 3 aromatic rings. The van der Waals surface area contributed by atoms with Gasteiger partial charge in [0.25, 0.3) is 0 Å². The molecule has 0 fully saturated rings. The Bertz CT molecular complexity index is 1610. The van der Waals surface area contributed by atoms with Gasteiger partial charge in [-0.25, -0.2) is 4.98 Å². The first-order chi connectivity index (χ1) is 20.1. The highest BCUT2D eigenvalue weighted by atomic mass is 16.5. The van der Waals surface area contributed by atoms with E-state index in [1.165, 1.54) is 0 Å². The molecule has 0 bridgehead atoms. The molecule has 8 nitrogen and oxygen atoms in total. The van der Waals surface area contributed by atoms with E-state index in [0.717, 1.165) is 0 Å². The monoisotopic (exact) mass is 387 g/mol. The van der Waals surface area contributed by atoms with Gasteiger partial charge in [-0.05, 0) is 24.0 Å². The van der Waals surface area contributed by atoms with E-state index in [9.17, 15) is 0 Å². The van der Waals surface area contributed by atoms with Crippen LogP contribution in [0.3, 0.4) is 0 Å². The number of rotatable bonds is 6. The van der Waals surface area contributed by atoms with Crippen LogP contribution in [0.2, 0.25) is 0 Å². The number of nitrogens with zero attached hydrogens (tertiary/aromatic N) is 2. The highest BCUT2D eigenvalue weighted by molar-refractivity contribution is 5.92.